The minimum absolute atomic E-state index is 0.00111. The first-order valence-corrected chi connectivity index (χ1v) is 5.52. The van der Waals surface area contributed by atoms with Crippen LogP contribution >= 0.6 is 0 Å². The topological polar surface area (TPSA) is 58.6 Å². The lowest BCUT2D eigenvalue weighted by atomic mass is 10.1. The number of fused-ring (bicyclic) bond motifs is 1. The Labute approximate surface area is 98.4 Å². The molecule has 1 N–H and O–H groups in total. The van der Waals surface area contributed by atoms with Gasteiger partial charge in [-0.2, -0.15) is 0 Å². The summed E-state index contributed by atoms with van der Waals surface area (Å²) < 4.78 is 5.55. The van der Waals surface area contributed by atoms with Crippen LogP contribution < -0.4 is 10.1 Å². The largest absolute Gasteiger partial charge is 0.491 e. The van der Waals surface area contributed by atoms with E-state index in [0.29, 0.717) is 6.61 Å². The highest BCUT2D eigenvalue weighted by molar-refractivity contribution is 5.99. The van der Waals surface area contributed by atoms with E-state index in [-0.39, 0.29) is 30.9 Å². The van der Waals surface area contributed by atoms with Crippen LogP contribution in [0.5, 0.6) is 5.75 Å². The lowest BCUT2D eigenvalue weighted by molar-refractivity contribution is -0.137. The van der Waals surface area contributed by atoms with Crippen molar-refractivity contribution in [3.63, 3.8) is 0 Å². The van der Waals surface area contributed by atoms with Crippen molar-refractivity contribution in [3.8, 4) is 5.75 Å². The Morgan fingerprint density at radius 3 is 2.65 bits per heavy atom. The highest BCUT2D eigenvalue weighted by Crippen LogP contribution is 2.35. The first-order chi connectivity index (χ1) is 8.24. The van der Waals surface area contributed by atoms with Crippen molar-refractivity contribution in [2.24, 2.45) is 0 Å². The third kappa shape index (κ3) is 1.78. The normalized spacial score (nSPS) is 24.1. The van der Waals surface area contributed by atoms with Gasteiger partial charge in [-0.1, -0.05) is 18.2 Å². The van der Waals surface area contributed by atoms with Gasteiger partial charge in [-0.05, 0) is 6.07 Å². The molecule has 3 rings (SSSR count). The molecule has 1 atom stereocenters. The number of nitrogens with one attached hydrogen (secondary N) is 1. The molecule has 2 aliphatic rings. The van der Waals surface area contributed by atoms with E-state index in [2.05, 4.69) is 5.32 Å². The molecule has 0 saturated carbocycles. The van der Waals surface area contributed by atoms with E-state index in [0.717, 1.165) is 11.3 Å². The van der Waals surface area contributed by atoms with Crippen LogP contribution in [0, 0.1) is 0 Å². The second-order valence-corrected chi connectivity index (χ2v) is 4.24. The third-order valence-electron chi connectivity index (χ3n) is 3.09. The summed E-state index contributed by atoms with van der Waals surface area (Å²) in [6, 6.07) is 7.73. The Morgan fingerprint density at radius 1 is 1.18 bits per heavy atom. The minimum Gasteiger partial charge on any atom is -0.491 e. The molecule has 1 unspecified atom stereocenters. The number of carbonyl (C=O) groups excluding carboxylic acids is 2. The van der Waals surface area contributed by atoms with Crippen molar-refractivity contribution in [2.75, 3.05) is 19.7 Å². The number of piperazine rings is 1. The van der Waals surface area contributed by atoms with Gasteiger partial charge in [-0.25, -0.2) is 0 Å². The molecule has 1 saturated heterocycles. The molecular formula is C12H12N2O3. The Morgan fingerprint density at radius 2 is 1.88 bits per heavy atom. The molecule has 5 heteroatoms. The Bertz CT molecular complexity index is 470. The summed E-state index contributed by atoms with van der Waals surface area (Å²) in [6.45, 7) is 0.988. The van der Waals surface area contributed by atoms with Crippen molar-refractivity contribution in [2.45, 2.75) is 6.04 Å². The van der Waals surface area contributed by atoms with Crippen LogP contribution in [0.4, 0.5) is 0 Å². The SMILES string of the molecule is O=C1CN(C2COc3ccccc32)CC(=O)N1. The fourth-order valence-corrected chi connectivity index (χ4v) is 2.33. The van der Waals surface area contributed by atoms with E-state index in [4.69, 9.17) is 4.74 Å². The molecule has 0 aromatic heterocycles. The van der Waals surface area contributed by atoms with Crippen molar-refractivity contribution < 1.29 is 14.3 Å². The molecule has 0 bridgehead atoms. The molecule has 1 aromatic rings. The number of para-hydroxylation sites is 1. The number of hydrogen-bond donors (Lipinski definition) is 1. The number of nitrogens with zero attached hydrogens (tertiary/aromatic N) is 1. The standard InChI is InChI=1S/C12H12N2O3/c15-11-5-14(6-12(16)13-11)9-7-17-10-4-2-1-3-8(9)10/h1-4,9H,5-7H2,(H,13,15,16). The molecule has 2 heterocycles. The number of rotatable bonds is 1. The van der Waals surface area contributed by atoms with Gasteiger partial charge < -0.3 is 4.74 Å². The summed E-state index contributed by atoms with van der Waals surface area (Å²) in [5.74, 6) is 0.354. The number of imide groups is 1. The molecule has 2 amide bonds. The predicted molar refractivity (Wildman–Crippen MR) is 59.4 cm³/mol. The summed E-state index contributed by atoms with van der Waals surface area (Å²) in [4.78, 5) is 24.5. The molecule has 1 aromatic carbocycles. The monoisotopic (exact) mass is 232 g/mol. The van der Waals surface area contributed by atoms with Crippen LogP contribution in [0.1, 0.15) is 11.6 Å². The van der Waals surface area contributed by atoms with E-state index in [9.17, 15) is 9.59 Å². The van der Waals surface area contributed by atoms with E-state index >= 15 is 0 Å². The predicted octanol–water partition coefficient (Wildman–Crippen LogP) is 0.0785. The van der Waals surface area contributed by atoms with Crippen LogP contribution in [0.3, 0.4) is 0 Å². The maximum Gasteiger partial charge on any atom is 0.240 e. The average molecular weight is 232 g/mol. The molecule has 0 aliphatic carbocycles. The van der Waals surface area contributed by atoms with E-state index in [1.165, 1.54) is 0 Å². The smallest absolute Gasteiger partial charge is 0.240 e. The first kappa shape index (κ1) is 10.3. The lowest BCUT2D eigenvalue weighted by Gasteiger charge is -2.29. The number of amides is 2. The van der Waals surface area contributed by atoms with Gasteiger partial charge in [0.15, 0.2) is 0 Å². The van der Waals surface area contributed by atoms with Gasteiger partial charge in [0.2, 0.25) is 11.8 Å². The molecule has 2 aliphatic heterocycles. The zero-order valence-corrected chi connectivity index (χ0v) is 9.18. The molecule has 0 spiro atoms. The van der Waals surface area contributed by atoms with Gasteiger partial charge in [0.05, 0.1) is 19.1 Å². The van der Waals surface area contributed by atoms with Gasteiger partial charge in [0.25, 0.3) is 0 Å². The maximum atomic E-state index is 11.3. The van der Waals surface area contributed by atoms with Gasteiger partial charge in [-0.15, -0.1) is 0 Å². The van der Waals surface area contributed by atoms with E-state index in [1.807, 2.05) is 29.2 Å². The molecular weight excluding hydrogens is 220 g/mol. The Hall–Kier alpha value is -1.88. The molecule has 0 radical (unpaired) electrons. The molecule has 88 valence electrons. The second-order valence-electron chi connectivity index (χ2n) is 4.24. The number of carbonyl (C=O) groups is 2. The van der Waals surface area contributed by atoms with E-state index < -0.39 is 0 Å². The van der Waals surface area contributed by atoms with Gasteiger partial charge in [-0.3, -0.25) is 19.8 Å². The summed E-state index contributed by atoms with van der Waals surface area (Å²) in [7, 11) is 0. The third-order valence-corrected chi connectivity index (χ3v) is 3.09. The average Bonchev–Trinajstić information content (AvgIpc) is 2.71. The highest BCUT2D eigenvalue weighted by atomic mass is 16.5. The van der Waals surface area contributed by atoms with Crippen LogP contribution in [-0.4, -0.2) is 36.4 Å². The van der Waals surface area contributed by atoms with Crippen LogP contribution in [0.25, 0.3) is 0 Å². The summed E-state index contributed by atoms with van der Waals surface area (Å²) >= 11 is 0. The zero-order chi connectivity index (χ0) is 11.8. The van der Waals surface area contributed by atoms with E-state index in [1.54, 1.807) is 0 Å². The number of ether oxygens (including phenoxy) is 1. The molecule has 17 heavy (non-hydrogen) atoms. The first-order valence-electron chi connectivity index (χ1n) is 5.52. The summed E-state index contributed by atoms with van der Waals surface area (Å²) in [5.41, 5.74) is 1.05. The fourth-order valence-electron chi connectivity index (χ4n) is 2.33. The quantitative estimate of drug-likeness (QED) is 0.697. The Kier molecular flexibility index (Phi) is 2.33. The van der Waals surface area contributed by atoms with Crippen LogP contribution in [0.2, 0.25) is 0 Å². The molecule has 1 fully saturated rings. The highest BCUT2D eigenvalue weighted by Gasteiger charge is 2.34. The fraction of sp³-hybridized carbons (Fsp3) is 0.333. The van der Waals surface area contributed by atoms with Crippen LogP contribution in [0.15, 0.2) is 24.3 Å². The van der Waals surface area contributed by atoms with Gasteiger partial charge in [0, 0.05) is 5.56 Å². The van der Waals surface area contributed by atoms with Crippen molar-refractivity contribution >= 4 is 11.8 Å². The zero-order valence-electron chi connectivity index (χ0n) is 9.18. The summed E-state index contributed by atoms with van der Waals surface area (Å²) in [5, 5.41) is 2.30. The van der Waals surface area contributed by atoms with Crippen molar-refractivity contribution in [3.05, 3.63) is 29.8 Å². The minimum atomic E-state index is -0.245. The van der Waals surface area contributed by atoms with Crippen molar-refractivity contribution in [1.29, 1.82) is 0 Å². The van der Waals surface area contributed by atoms with Crippen molar-refractivity contribution in [1.82, 2.24) is 10.2 Å². The summed E-state index contributed by atoms with van der Waals surface area (Å²) in [6.07, 6.45) is 0. The van der Waals surface area contributed by atoms with Gasteiger partial charge >= 0.3 is 0 Å². The molecule has 5 nitrogen and oxygen atoms in total. The maximum absolute atomic E-state index is 11.3. The number of hydrogen-bond acceptors (Lipinski definition) is 4. The van der Waals surface area contributed by atoms with Crippen LogP contribution in [-0.2, 0) is 9.59 Å². The number of benzene rings is 1. The second kappa shape index (κ2) is 3.85. The van der Waals surface area contributed by atoms with Gasteiger partial charge in [0.1, 0.15) is 12.4 Å². The Balaban J connectivity index is 1.86. The lowest BCUT2D eigenvalue weighted by Crippen LogP contribution is -2.52.